The molecule has 0 bridgehead atoms. The van der Waals surface area contributed by atoms with Crippen molar-refractivity contribution >= 4 is 12.0 Å². The second kappa shape index (κ2) is 5.24. The van der Waals surface area contributed by atoms with Crippen LogP contribution in [0.3, 0.4) is 0 Å². The number of rotatable bonds is 4. The second-order valence-corrected chi connectivity index (χ2v) is 4.54. The Labute approximate surface area is 116 Å². The summed E-state index contributed by atoms with van der Waals surface area (Å²) in [6.45, 7) is 5.79. The summed E-state index contributed by atoms with van der Waals surface area (Å²) in [5.74, 6) is 0. The lowest BCUT2D eigenvalue weighted by molar-refractivity contribution is -0.384. The second-order valence-electron chi connectivity index (χ2n) is 4.54. The third kappa shape index (κ3) is 2.20. The summed E-state index contributed by atoms with van der Waals surface area (Å²) >= 11 is 0. The van der Waals surface area contributed by atoms with E-state index in [9.17, 15) is 14.9 Å². The van der Waals surface area contributed by atoms with Crippen LogP contribution in [0.4, 0.5) is 5.69 Å². The van der Waals surface area contributed by atoms with Gasteiger partial charge in [0.15, 0.2) is 0 Å². The maximum atomic E-state index is 11.2. The number of hydrogen-bond donors (Lipinski definition) is 0. The molecule has 0 aliphatic rings. The summed E-state index contributed by atoms with van der Waals surface area (Å²) in [7, 11) is 0. The fourth-order valence-corrected chi connectivity index (χ4v) is 2.36. The van der Waals surface area contributed by atoms with Gasteiger partial charge in [0, 0.05) is 17.3 Å². The molecule has 0 amide bonds. The predicted octanol–water partition coefficient (Wildman–Crippen LogP) is 2.77. The molecule has 6 heteroatoms. The number of aromatic nitrogens is 2. The van der Waals surface area contributed by atoms with Crippen LogP contribution in [0.25, 0.3) is 5.69 Å². The van der Waals surface area contributed by atoms with Crippen molar-refractivity contribution in [1.29, 1.82) is 0 Å². The molecule has 6 nitrogen and oxygen atoms in total. The fraction of sp³-hybridized carbons (Fsp3) is 0.286. The first-order valence-electron chi connectivity index (χ1n) is 6.28. The molecule has 0 aliphatic carbocycles. The van der Waals surface area contributed by atoms with Crippen molar-refractivity contribution in [3.8, 4) is 5.69 Å². The SMILES string of the molecule is CCc1c(C)nn(-c2ccc(C=O)cc2[N+](=O)[O-])c1C. The lowest BCUT2D eigenvalue weighted by atomic mass is 10.1. The van der Waals surface area contributed by atoms with Gasteiger partial charge >= 0.3 is 0 Å². The number of hydrogen-bond acceptors (Lipinski definition) is 4. The summed E-state index contributed by atoms with van der Waals surface area (Å²) in [4.78, 5) is 21.4. The topological polar surface area (TPSA) is 78.0 Å². The highest BCUT2D eigenvalue weighted by Gasteiger charge is 2.20. The molecule has 20 heavy (non-hydrogen) atoms. The van der Waals surface area contributed by atoms with Crippen LogP contribution in [0.15, 0.2) is 18.2 Å². The van der Waals surface area contributed by atoms with Gasteiger partial charge in [-0.1, -0.05) is 6.92 Å². The van der Waals surface area contributed by atoms with Gasteiger partial charge in [0.2, 0.25) is 0 Å². The Morgan fingerprint density at radius 2 is 2.10 bits per heavy atom. The van der Waals surface area contributed by atoms with Crippen LogP contribution in [0.5, 0.6) is 0 Å². The van der Waals surface area contributed by atoms with E-state index < -0.39 is 4.92 Å². The Kier molecular flexibility index (Phi) is 3.65. The first-order chi connectivity index (χ1) is 9.49. The molecule has 0 saturated carbocycles. The van der Waals surface area contributed by atoms with Gasteiger partial charge in [0.1, 0.15) is 12.0 Å². The Bertz CT molecular complexity index is 689. The summed E-state index contributed by atoms with van der Waals surface area (Å²) in [5.41, 5.74) is 3.35. The maximum Gasteiger partial charge on any atom is 0.295 e. The minimum atomic E-state index is -0.496. The third-order valence-electron chi connectivity index (χ3n) is 3.36. The molecule has 0 atom stereocenters. The molecule has 2 rings (SSSR count). The molecule has 0 fully saturated rings. The molecule has 0 unspecified atom stereocenters. The molecular weight excluding hydrogens is 258 g/mol. The zero-order valence-corrected chi connectivity index (χ0v) is 11.6. The van der Waals surface area contributed by atoms with E-state index in [2.05, 4.69) is 5.10 Å². The van der Waals surface area contributed by atoms with Crippen LogP contribution < -0.4 is 0 Å². The standard InChI is InChI=1S/C14H15N3O3/c1-4-12-9(2)15-16(10(12)3)13-6-5-11(8-18)7-14(13)17(19)20/h5-8H,4H2,1-3H3. The number of aryl methyl sites for hydroxylation is 1. The van der Waals surface area contributed by atoms with Crippen LogP contribution in [-0.4, -0.2) is 21.0 Å². The van der Waals surface area contributed by atoms with Crippen LogP contribution in [0.1, 0.15) is 34.2 Å². The Hall–Kier alpha value is -2.50. The summed E-state index contributed by atoms with van der Waals surface area (Å²) < 4.78 is 1.57. The van der Waals surface area contributed by atoms with Gasteiger partial charge in [-0.25, -0.2) is 4.68 Å². The number of nitrogens with zero attached hydrogens (tertiary/aromatic N) is 3. The van der Waals surface area contributed by atoms with Crippen LogP contribution >= 0.6 is 0 Å². The van der Waals surface area contributed by atoms with Crippen LogP contribution in [0.2, 0.25) is 0 Å². The molecule has 0 saturated heterocycles. The van der Waals surface area contributed by atoms with E-state index in [1.165, 1.54) is 6.07 Å². The van der Waals surface area contributed by atoms with Gasteiger partial charge in [0.25, 0.3) is 5.69 Å². The van der Waals surface area contributed by atoms with E-state index in [-0.39, 0.29) is 11.3 Å². The molecule has 1 heterocycles. The monoisotopic (exact) mass is 273 g/mol. The van der Waals surface area contributed by atoms with Gasteiger partial charge in [-0.05, 0) is 38.0 Å². The molecule has 0 radical (unpaired) electrons. The lowest BCUT2D eigenvalue weighted by Crippen LogP contribution is -2.04. The van der Waals surface area contributed by atoms with E-state index in [1.54, 1.807) is 16.8 Å². The molecular formula is C14H15N3O3. The van der Waals surface area contributed by atoms with Crippen molar-refractivity contribution in [3.05, 3.63) is 50.8 Å². The number of nitro groups is 1. The molecule has 104 valence electrons. The van der Waals surface area contributed by atoms with E-state index in [4.69, 9.17) is 0 Å². The van der Waals surface area contributed by atoms with E-state index >= 15 is 0 Å². The van der Waals surface area contributed by atoms with E-state index in [1.807, 2.05) is 20.8 Å². The molecule has 1 aromatic carbocycles. The van der Waals surface area contributed by atoms with Crippen molar-refractivity contribution in [1.82, 2.24) is 9.78 Å². The molecule has 1 aromatic heterocycles. The van der Waals surface area contributed by atoms with E-state index in [0.29, 0.717) is 12.0 Å². The van der Waals surface area contributed by atoms with Crippen LogP contribution in [0, 0.1) is 24.0 Å². The highest BCUT2D eigenvalue weighted by molar-refractivity contribution is 5.77. The number of carbonyl (C=O) groups excluding carboxylic acids is 1. The smallest absolute Gasteiger partial charge is 0.295 e. The highest BCUT2D eigenvalue weighted by atomic mass is 16.6. The number of benzene rings is 1. The predicted molar refractivity (Wildman–Crippen MR) is 74.5 cm³/mol. The first-order valence-corrected chi connectivity index (χ1v) is 6.28. The quantitative estimate of drug-likeness (QED) is 0.487. The van der Waals surface area contributed by atoms with Crippen molar-refractivity contribution in [2.45, 2.75) is 27.2 Å². The van der Waals surface area contributed by atoms with Crippen LogP contribution in [-0.2, 0) is 6.42 Å². The maximum absolute atomic E-state index is 11.2. The van der Waals surface area contributed by atoms with Gasteiger partial charge in [-0.3, -0.25) is 14.9 Å². The van der Waals surface area contributed by atoms with Crippen molar-refractivity contribution in [3.63, 3.8) is 0 Å². The third-order valence-corrected chi connectivity index (χ3v) is 3.36. The molecule has 0 aliphatic heterocycles. The van der Waals surface area contributed by atoms with Gasteiger partial charge in [-0.15, -0.1) is 0 Å². The minimum absolute atomic E-state index is 0.122. The lowest BCUT2D eigenvalue weighted by Gasteiger charge is -2.06. The van der Waals surface area contributed by atoms with Crippen molar-refractivity contribution in [2.75, 3.05) is 0 Å². The average Bonchev–Trinajstić information content (AvgIpc) is 2.72. The molecule has 0 N–H and O–H groups in total. The van der Waals surface area contributed by atoms with Gasteiger partial charge in [-0.2, -0.15) is 5.10 Å². The zero-order chi connectivity index (χ0) is 14.9. The van der Waals surface area contributed by atoms with Crippen molar-refractivity contribution < 1.29 is 9.72 Å². The number of carbonyl (C=O) groups is 1. The van der Waals surface area contributed by atoms with Crippen molar-refractivity contribution in [2.24, 2.45) is 0 Å². The highest BCUT2D eigenvalue weighted by Crippen LogP contribution is 2.26. The summed E-state index contributed by atoms with van der Waals surface area (Å²) in [6.07, 6.45) is 1.41. The van der Waals surface area contributed by atoms with E-state index in [0.717, 1.165) is 23.4 Å². The Balaban J connectivity index is 2.69. The van der Waals surface area contributed by atoms with Gasteiger partial charge in [0.05, 0.1) is 10.6 Å². The average molecular weight is 273 g/mol. The summed E-state index contributed by atoms with van der Waals surface area (Å²) in [5, 5.41) is 15.6. The fourth-order valence-electron chi connectivity index (χ4n) is 2.36. The largest absolute Gasteiger partial charge is 0.298 e. The molecule has 2 aromatic rings. The minimum Gasteiger partial charge on any atom is -0.298 e. The summed E-state index contributed by atoms with van der Waals surface area (Å²) in [6, 6.07) is 4.38. The Morgan fingerprint density at radius 1 is 1.40 bits per heavy atom. The zero-order valence-electron chi connectivity index (χ0n) is 11.6. The number of aldehydes is 1. The molecule has 0 spiro atoms. The number of nitro benzene ring substituents is 1. The Morgan fingerprint density at radius 3 is 2.60 bits per heavy atom. The van der Waals surface area contributed by atoms with Gasteiger partial charge < -0.3 is 0 Å². The first kappa shape index (κ1) is 13.9. The normalized spacial score (nSPS) is 10.6.